The maximum Gasteiger partial charge on any atom is 0.416 e. The van der Waals surface area contributed by atoms with E-state index in [-0.39, 0.29) is 35.1 Å². The summed E-state index contributed by atoms with van der Waals surface area (Å²) >= 11 is 1.68. The lowest BCUT2D eigenvalue weighted by molar-refractivity contribution is -0.137. The lowest BCUT2D eigenvalue weighted by Gasteiger charge is -2.38. The van der Waals surface area contributed by atoms with Gasteiger partial charge in [0.25, 0.3) is 11.8 Å². The second-order valence-corrected chi connectivity index (χ2v) is 13.7. The fourth-order valence-electron chi connectivity index (χ4n) is 5.74. The highest BCUT2D eigenvalue weighted by atomic mass is 32.2. The highest BCUT2D eigenvalue weighted by molar-refractivity contribution is 7.99. The summed E-state index contributed by atoms with van der Waals surface area (Å²) in [5.74, 6) is -1.40. The number of fused-ring (bicyclic) bond motifs is 1. The summed E-state index contributed by atoms with van der Waals surface area (Å²) in [5.41, 5.74) is 0.444. The van der Waals surface area contributed by atoms with Crippen LogP contribution in [0.1, 0.15) is 47.0 Å². The molecule has 0 bridgehead atoms. The molecule has 1 aliphatic rings. The number of carbonyl (C=O) groups excluding carboxylic acids is 2. The van der Waals surface area contributed by atoms with Gasteiger partial charge in [-0.15, -0.1) is 0 Å². The van der Waals surface area contributed by atoms with Crippen LogP contribution in [0.2, 0.25) is 0 Å². The number of carbonyl (C=O) groups is 2. The molecule has 3 N–H and O–H groups in total. The molecule has 12 heteroatoms. The summed E-state index contributed by atoms with van der Waals surface area (Å²) in [5, 5.41) is 23.4. The van der Waals surface area contributed by atoms with Gasteiger partial charge in [-0.1, -0.05) is 67.2 Å². The molecule has 50 heavy (non-hydrogen) atoms. The number of anilines is 1. The van der Waals surface area contributed by atoms with Gasteiger partial charge in [0.15, 0.2) is 11.9 Å². The van der Waals surface area contributed by atoms with Gasteiger partial charge in [-0.2, -0.15) is 13.2 Å². The average Bonchev–Trinajstić information content (AvgIpc) is 3.10. The van der Waals surface area contributed by atoms with Crippen molar-refractivity contribution in [2.24, 2.45) is 5.92 Å². The van der Waals surface area contributed by atoms with Gasteiger partial charge >= 0.3 is 6.18 Å². The Kier molecular flexibility index (Phi) is 11.9. The van der Waals surface area contributed by atoms with Gasteiger partial charge in [-0.25, -0.2) is 0 Å². The molecule has 1 aliphatic heterocycles. The van der Waals surface area contributed by atoms with E-state index in [0.717, 1.165) is 39.6 Å². The first-order chi connectivity index (χ1) is 23.8. The number of hydrogen-bond acceptors (Lipinski definition) is 7. The van der Waals surface area contributed by atoms with Gasteiger partial charge in [0.05, 0.1) is 29.5 Å². The molecule has 0 saturated carbocycles. The lowest BCUT2D eigenvalue weighted by atomic mass is 9.98. The zero-order valence-electron chi connectivity index (χ0n) is 27.9. The van der Waals surface area contributed by atoms with E-state index in [4.69, 9.17) is 4.74 Å². The molecule has 4 aromatic carbocycles. The molecule has 0 radical (unpaired) electrons. The van der Waals surface area contributed by atoms with E-state index in [2.05, 4.69) is 46.6 Å². The monoisotopic (exact) mass is 707 g/mol. The molecule has 5 rings (SSSR count). The molecule has 1 heterocycles. The van der Waals surface area contributed by atoms with Crippen LogP contribution in [-0.2, 0) is 17.5 Å². The molecule has 8 nitrogen and oxygen atoms in total. The fourth-order valence-corrected chi connectivity index (χ4v) is 6.58. The number of aliphatic hydroxyl groups excluding tert-OH is 2. The van der Waals surface area contributed by atoms with E-state index >= 15 is 0 Å². The Balaban J connectivity index is 1.36. The van der Waals surface area contributed by atoms with Crippen molar-refractivity contribution in [3.05, 3.63) is 119 Å². The molecular weight excluding hydrogens is 667 g/mol. The second-order valence-electron chi connectivity index (χ2n) is 12.6. The highest BCUT2D eigenvalue weighted by Gasteiger charge is 2.35. The van der Waals surface area contributed by atoms with Crippen molar-refractivity contribution in [2.45, 2.75) is 54.6 Å². The number of nitrogens with zero attached hydrogens (tertiary/aromatic N) is 2. The Labute approximate surface area is 293 Å². The number of hydrogen-bond donors (Lipinski definition) is 3. The Hall–Kier alpha value is -4.36. The molecule has 4 aromatic rings. The van der Waals surface area contributed by atoms with Crippen molar-refractivity contribution in [1.29, 1.82) is 0 Å². The number of aliphatic hydroxyl groups is 2. The number of likely N-dealkylation sites (N-methyl/N-ethyl adjacent to an activating group) is 1. The molecule has 264 valence electrons. The van der Waals surface area contributed by atoms with Crippen LogP contribution in [0.3, 0.4) is 0 Å². The van der Waals surface area contributed by atoms with Gasteiger partial charge in [-0.3, -0.25) is 14.5 Å². The Morgan fingerprint density at radius 3 is 2.30 bits per heavy atom. The number of amides is 2. The normalized spacial score (nSPS) is 17.7. The zero-order chi connectivity index (χ0) is 36.0. The van der Waals surface area contributed by atoms with Crippen molar-refractivity contribution in [2.75, 3.05) is 32.1 Å². The van der Waals surface area contributed by atoms with Crippen molar-refractivity contribution in [1.82, 2.24) is 9.80 Å². The number of para-hydroxylation sites is 1. The standard InChI is InChI=1S/C38H40F3N3O5S/c1-24-20-44(25(2)23-45)37(48)31-10-7-11-32(42-36(47)34(46)27-14-16-28(17-15-27)38(39,40)41)35(31)49-33(24)22-43(3)21-26-12-18-30(19-13-26)50-29-8-5-4-6-9-29/h4-19,24-25,33-34,45-46H,20-23H2,1-3H3,(H,42,47)/t24-,25+,33-,34?/m1/s1. The third-order valence-electron chi connectivity index (χ3n) is 8.60. The average molecular weight is 708 g/mol. The van der Waals surface area contributed by atoms with Crippen LogP contribution in [-0.4, -0.2) is 70.7 Å². The predicted octanol–water partition coefficient (Wildman–Crippen LogP) is 6.88. The number of benzene rings is 4. The van der Waals surface area contributed by atoms with Gasteiger partial charge in [0, 0.05) is 35.3 Å². The Morgan fingerprint density at radius 2 is 1.66 bits per heavy atom. The molecular formula is C38H40F3N3O5S. The summed E-state index contributed by atoms with van der Waals surface area (Å²) in [6, 6.07) is 26.3. The molecule has 0 aromatic heterocycles. The summed E-state index contributed by atoms with van der Waals surface area (Å²) in [4.78, 5) is 33.0. The van der Waals surface area contributed by atoms with E-state index in [1.54, 1.807) is 35.7 Å². The summed E-state index contributed by atoms with van der Waals surface area (Å²) < 4.78 is 45.7. The molecule has 2 amide bonds. The SMILES string of the molecule is C[C@@H]1CN([C@@H](C)CO)C(=O)c2cccc(NC(=O)C(O)c3ccc(C(F)(F)F)cc3)c2O[C@@H]1CN(C)Cc1ccc(Sc2ccccc2)cc1. The molecule has 0 fully saturated rings. The van der Waals surface area contributed by atoms with Crippen LogP contribution in [0, 0.1) is 5.92 Å². The van der Waals surface area contributed by atoms with Gasteiger partial charge in [-0.05, 0) is 73.6 Å². The molecule has 0 saturated heterocycles. The van der Waals surface area contributed by atoms with Crippen molar-refractivity contribution in [3.63, 3.8) is 0 Å². The topological polar surface area (TPSA) is 102 Å². The number of halogens is 3. The highest BCUT2D eigenvalue weighted by Crippen LogP contribution is 2.36. The number of rotatable bonds is 11. The lowest BCUT2D eigenvalue weighted by Crippen LogP contribution is -2.49. The molecule has 4 atom stereocenters. The third-order valence-corrected chi connectivity index (χ3v) is 9.61. The maximum atomic E-state index is 13.8. The van der Waals surface area contributed by atoms with E-state index in [9.17, 15) is 33.0 Å². The van der Waals surface area contributed by atoms with E-state index in [1.807, 2.05) is 32.2 Å². The van der Waals surface area contributed by atoms with E-state index in [1.165, 1.54) is 6.07 Å². The fraction of sp³-hybridized carbons (Fsp3) is 0.316. The predicted molar refractivity (Wildman–Crippen MR) is 186 cm³/mol. The zero-order valence-corrected chi connectivity index (χ0v) is 28.7. The largest absolute Gasteiger partial charge is 0.486 e. The van der Waals surface area contributed by atoms with Crippen molar-refractivity contribution >= 4 is 29.3 Å². The molecule has 0 aliphatic carbocycles. The number of alkyl halides is 3. The van der Waals surface area contributed by atoms with Crippen LogP contribution >= 0.6 is 11.8 Å². The quantitative estimate of drug-likeness (QED) is 0.156. The summed E-state index contributed by atoms with van der Waals surface area (Å²) in [6.07, 6.45) is -6.82. The molecule has 1 unspecified atom stereocenters. The van der Waals surface area contributed by atoms with Crippen molar-refractivity contribution < 1.29 is 37.7 Å². The minimum absolute atomic E-state index is 0.0333. The van der Waals surface area contributed by atoms with Gasteiger partial charge < -0.3 is 25.2 Å². The van der Waals surface area contributed by atoms with Crippen LogP contribution in [0.15, 0.2) is 107 Å². The summed E-state index contributed by atoms with van der Waals surface area (Å²) in [7, 11) is 1.97. The van der Waals surface area contributed by atoms with E-state index < -0.39 is 41.8 Å². The van der Waals surface area contributed by atoms with Gasteiger partial charge in [0.2, 0.25) is 0 Å². The number of ether oxygens (including phenoxy) is 1. The van der Waals surface area contributed by atoms with Crippen LogP contribution in [0.5, 0.6) is 5.75 Å². The van der Waals surface area contributed by atoms with E-state index in [0.29, 0.717) is 19.6 Å². The van der Waals surface area contributed by atoms with Crippen LogP contribution < -0.4 is 10.1 Å². The molecule has 0 spiro atoms. The first-order valence-corrected chi connectivity index (χ1v) is 17.0. The smallest absolute Gasteiger partial charge is 0.416 e. The Bertz CT molecular complexity index is 1760. The second kappa shape index (κ2) is 16.1. The minimum atomic E-state index is -4.56. The maximum absolute atomic E-state index is 13.8. The first kappa shape index (κ1) is 36.9. The third kappa shape index (κ3) is 9.05. The van der Waals surface area contributed by atoms with Gasteiger partial charge in [0.1, 0.15) is 6.10 Å². The van der Waals surface area contributed by atoms with Crippen LogP contribution in [0.4, 0.5) is 18.9 Å². The first-order valence-electron chi connectivity index (χ1n) is 16.2. The minimum Gasteiger partial charge on any atom is -0.486 e. The van der Waals surface area contributed by atoms with Crippen LogP contribution in [0.25, 0.3) is 0 Å². The Morgan fingerprint density at radius 1 is 1.00 bits per heavy atom. The number of nitrogens with one attached hydrogen (secondary N) is 1. The van der Waals surface area contributed by atoms with Crippen molar-refractivity contribution in [3.8, 4) is 5.75 Å². The summed E-state index contributed by atoms with van der Waals surface area (Å²) in [6.45, 7) is 4.83.